The van der Waals surface area contributed by atoms with Crippen molar-refractivity contribution in [3.63, 3.8) is 0 Å². The number of alkyl halides is 1. The predicted molar refractivity (Wildman–Crippen MR) is 61.7 cm³/mol. The molecular weight excluding hydrogens is 249 g/mol. The summed E-state index contributed by atoms with van der Waals surface area (Å²) in [4.78, 5) is 11.6. The van der Waals surface area contributed by atoms with E-state index in [1.165, 1.54) is 12.1 Å². The Morgan fingerprint density at radius 3 is 2.75 bits per heavy atom. The number of carbonyl (C=O) groups excluding carboxylic acids is 1. The van der Waals surface area contributed by atoms with Crippen LogP contribution in [0.2, 0.25) is 5.02 Å². The molecule has 16 heavy (non-hydrogen) atoms. The molecule has 0 aliphatic heterocycles. The number of ether oxygens (including phenoxy) is 1. The normalized spacial score (nSPS) is 9.62. The summed E-state index contributed by atoms with van der Waals surface area (Å²) in [5.74, 6) is -0.420. The van der Waals surface area contributed by atoms with Crippen LogP contribution in [0.3, 0.4) is 0 Å². The molecule has 1 aromatic rings. The molecule has 3 nitrogen and oxygen atoms in total. The minimum absolute atomic E-state index is 0.101. The summed E-state index contributed by atoms with van der Waals surface area (Å²) in [7, 11) is 0. The summed E-state index contributed by atoms with van der Waals surface area (Å²) in [6.45, 7) is 1.96. The molecular formula is C11H9Cl2NO2. The summed E-state index contributed by atoms with van der Waals surface area (Å²) < 4.78 is 4.86. The van der Waals surface area contributed by atoms with Crippen LogP contribution in [-0.2, 0) is 10.6 Å². The number of hydrogen-bond donors (Lipinski definition) is 0. The van der Waals surface area contributed by atoms with E-state index in [-0.39, 0.29) is 23.1 Å². The molecule has 0 aromatic heterocycles. The second kappa shape index (κ2) is 5.74. The molecule has 0 saturated heterocycles. The Bertz CT molecular complexity index is 452. The average Bonchev–Trinajstić information content (AvgIpc) is 2.27. The molecule has 0 amide bonds. The second-order valence-electron chi connectivity index (χ2n) is 2.96. The van der Waals surface area contributed by atoms with Gasteiger partial charge in [-0.2, -0.15) is 5.26 Å². The summed E-state index contributed by atoms with van der Waals surface area (Å²) in [5, 5.41) is 8.94. The van der Waals surface area contributed by atoms with Crippen LogP contribution in [0.4, 0.5) is 0 Å². The summed E-state index contributed by atoms with van der Waals surface area (Å²) in [5.41, 5.74) is 1.11. The molecule has 1 rings (SSSR count). The molecule has 0 heterocycles. The molecule has 0 aliphatic carbocycles. The number of nitriles is 1. The third-order valence-corrected chi connectivity index (χ3v) is 2.51. The zero-order chi connectivity index (χ0) is 12.1. The topological polar surface area (TPSA) is 50.1 Å². The number of esters is 1. The molecule has 0 atom stereocenters. The van der Waals surface area contributed by atoms with Crippen LogP contribution in [-0.4, -0.2) is 12.6 Å². The molecule has 0 bridgehead atoms. The van der Waals surface area contributed by atoms with Crippen molar-refractivity contribution in [1.29, 1.82) is 5.26 Å². The third kappa shape index (κ3) is 2.66. The first-order valence-corrected chi connectivity index (χ1v) is 5.50. The zero-order valence-corrected chi connectivity index (χ0v) is 10.1. The van der Waals surface area contributed by atoms with Crippen LogP contribution in [0.15, 0.2) is 12.1 Å². The number of halogens is 2. The maximum Gasteiger partial charge on any atom is 0.339 e. The van der Waals surface area contributed by atoms with Crippen molar-refractivity contribution >= 4 is 29.2 Å². The summed E-state index contributed by atoms with van der Waals surface area (Å²) in [6.07, 6.45) is 0. The van der Waals surface area contributed by atoms with Gasteiger partial charge in [0.05, 0.1) is 28.8 Å². The number of nitrogens with zero attached hydrogens (tertiary/aromatic N) is 1. The van der Waals surface area contributed by atoms with Gasteiger partial charge in [-0.05, 0) is 24.6 Å². The van der Waals surface area contributed by atoms with E-state index in [0.717, 1.165) is 0 Å². The van der Waals surface area contributed by atoms with E-state index in [1.807, 2.05) is 6.07 Å². The maximum absolute atomic E-state index is 11.6. The van der Waals surface area contributed by atoms with E-state index in [9.17, 15) is 4.79 Å². The van der Waals surface area contributed by atoms with Crippen molar-refractivity contribution in [3.05, 3.63) is 33.8 Å². The van der Waals surface area contributed by atoms with Gasteiger partial charge in [0.2, 0.25) is 0 Å². The highest BCUT2D eigenvalue weighted by atomic mass is 35.5. The van der Waals surface area contributed by atoms with Gasteiger partial charge in [-0.25, -0.2) is 4.79 Å². The van der Waals surface area contributed by atoms with Crippen LogP contribution in [0.1, 0.15) is 28.4 Å². The van der Waals surface area contributed by atoms with Crippen molar-refractivity contribution in [1.82, 2.24) is 0 Å². The van der Waals surface area contributed by atoms with E-state index in [1.54, 1.807) is 6.92 Å². The maximum atomic E-state index is 11.6. The molecule has 0 radical (unpaired) electrons. The first kappa shape index (κ1) is 12.8. The van der Waals surface area contributed by atoms with Crippen molar-refractivity contribution in [2.24, 2.45) is 0 Å². The Kier molecular flexibility index (Phi) is 4.60. The van der Waals surface area contributed by atoms with Crippen LogP contribution < -0.4 is 0 Å². The quantitative estimate of drug-likeness (QED) is 0.618. The molecule has 5 heteroatoms. The van der Waals surface area contributed by atoms with Gasteiger partial charge in [-0.1, -0.05) is 11.6 Å². The Hall–Kier alpha value is -1.24. The zero-order valence-electron chi connectivity index (χ0n) is 8.59. The highest BCUT2D eigenvalue weighted by Gasteiger charge is 2.17. The predicted octanol–water partition coefficient (Wildman–Crippen LogP) is 3.13. The molecule has 0 fully saturated rings. The molecule has 0 saturated carbocycles. The van der Waals surface area contributed by atoms with E-state index >= 15 is 0 Å². The van der Waals surface area contributed by atoms with Gasteiger partial charge in [-0.15, -0.1) is 11.6 Å². The smallest absolute Gasteiger partial charge is 0.339 e. The van der Waals surface area contributed by atoms with Gasteiger partial charge in [0.25, 0.3) is 0 Å². The van der Waals surface area contributed by atoms with Crippen molar-refractivity contribution in [2.45, 2.75) is 12.8 Å². The Morgan fingerprint density at radius 2 is 2.25 bits per heavy atom. The minimum atomic E-state index is -0.521. The number of hydrogen-bond acceptors (Lipinski definition) is 3. The van der Waals surface area contributed by atoms with Gasteiger partial charge in [0.1, 0.15) is 0 Å². The van der Waals surface area contributed by atoms with Crippen molar-refractivity contribution < 1.29 is 9.53 Å². The van der Waals surface area contributed by atoms with E-state index in [2.05, 4.69) is 0 Å². The number of benzene rings is 1. The highest BCUT2D eigenvalue weighted by Crippen LogP contribution is 2.24. The monoisotopic (exact) mass is 257 g/mol. The first-order valence-electron chi connectivity index (χ1n) is 4.59. The van der Waals surface area contributed by atoms with Crippen molar-refractivity contribution in [3.8, 4) is 6.07 Å². The first-order chi connectivity index (χ1) is 7.63. The standard InChI is InChI=1S/C11H9Cl2NO2/c1-2-16-11(15)10-8(5-12)3-7(6-14)4-9(10)13/h3-4H,2,5H2,1H3. The fourth-order valence-corrected chi connectivity index (χ4v) is 1.79. The lowest BCUT2D eigenvalue weighted by Gasteiger charge is -2.09. The van der Waals surface area contributed by atoms with Crippen LogP contribution in [0.5, 0.6) is 0 Å². The second-order valence-corrected chi connectivity index (χ2v) is 3.63. The Balaban J connectivity index is 3.28. The fourth-order valence-electron chi connectivity index (χ4n) is 1.27. The van der Waals surface area contributed by atoms with Crippen LogP contribution >= 0.6 is 23.2 Å². The van der Waals surface area contributed by atoms with E-state index in [0.29, 0.717) is 11.1 Å². The summed E-state index contributed by atoms with van der Waals surface area (Å²) >= 11 is 11.6. The van der Waals surface area contributed by atoms with Gasteiger partial charge in [-0.3, -0.25) is 0 Å². The lowest BCUT2D eigenvalue weighted by atomic mass is 10.1. The molecule has 0 aliphatic rings. The fraction of sp³-hybridized carbons (Fsp3) is 0.273. The number of rotatable bonds is 3. The average molecular weight is 258 g/mol. The van der Waals surface area contributed by atoms with E-state index in [4.69, 9.17) is 33.2 Å². The van der Waals surface area contributed by atoms with Crippen LogP contribution in [0, 0.1) is 11.3 Å². The highest BCUT2D eigenvalue weighted by molar-refractivity contribution is 6.34. The van der Waals surface area contributed by atoms with E-state index < -0.39 is 5.97 Å². The van der Waals surface area contributed by atoms with Crippen molar-refractivity contribution in [2.75, 3.05) is 6.61 Å². The van der Waals surface area contributed by atoms with Gasteiger partial charge >= 0.3 is 5.97 Å². The molecule has 0 unspecified atom stereocenters. The molecule has 1 aromatic carbocycles. The molecule has 0 N–H and O–H groups in total. The SMILES string of the molecule is CCOC(=O)c1c(Cl)cc(C#N)cc1CCl. The minimum Gasteiger partial charge on any atom is -0.462 e. The lowest BCUT2D eigenvalue weighted by Crippen LogP contribution is -2.09. The Labute approximate surface area is 104 Å². The Morgan fingerprint density at radius 1 is 1.56 bits per heavy atom. The van der Waals surface area contributed by atoms with Gasteiger partial charge in [0, 0.05) is 5.88 Å². The van der Waals surface area contributed by atoms with Gasteiger partial charge < -0.3 is 4.74 Å². The largest absolute Gasteiger partial charge is 0.462 e. The number of carbonyl (C=O) groups is 1. The third-order valence-electron chi connectivity index (χ3n) is 1.92. The van der Waals surface area contributed by atoms with Crippen LogP contribution in [0.25, 0.3) is 0 Å². The lowest BCUT2D eigenvalue weighted by molar-refractivity contribution is 0.0525. The molecule has 84 valence electrons. The molecule has 0 spiro atoms. The summed E-state index contributed by atoms with van der Waals surface area (Å²) in [6, 6.07) is 4.90. The van der Waals surface area contributed by atoms with Gasteiger partial charge in [0.15, 0.2) is 0 Å².